The van der Waals surface area contributed by atoms with Gasteiger partial charge in [0.1, 0.15) is 0 Å². The Labute approximate surface area is 134 Å². The number of carbonyl (C=O) groups is 1. The minimum atomic E-state index is -3.63. The molecule has 2 aromatic rings. The summed E-state index contributed by atoms with van der Waals surface area (Å²) in [5, 5.41) is 0. The molecule has 6 nitrogen and oxygen atoms in total. The van der Waals surface area contributed by atoms with Crippen LogP contribution in [-0.4, -0.2) is 20.4 Å². The molecule has 1 atom stereocenters. The van der Waals surface area contributed by atoms with Crippen LogP contribution < -0.4 is 15.6 Å². The summed E-state index contributed by atoms with van der Waals surface area (Å²) >= 11 is 0. The molecule has 3 rings (SSSR count). The van der Waals surface area contributed by atoms with Crippen LogP contribution in [0, 0.1) is 0 Å². The number of hydrogen-bond donors (Lipinski definition) is 2. The van der Waals surface area contributed by atoms with Crippen molar-refractivity contribution < 1.29 is 13.2 Å². The Bertz CT molecular complexity index is 850. The average Bonchev–Trinajstić information content (AvgIpc) is 2.90. The number of hydrazine groups is 1. The molecule has 0 unspecified atom stereocenters. The van der Waals surface area contributed by atoms with Crippen molar-refractivity contribution in [2.45, 2.75) is 24.3 Å². The predicted molar refractivity (Wildman–Crippen MR) is 87.4 cm³/mol. The molecule has 1 heterocycles. The Morgan fingerprint density at radius 2 is 1.91 bits per heavy atom. The summed E-state index contributed by atoms with van der Waals surface area (Å²) in [6.07, 6.45) is 0.549. The van der Waals surface area contributed by atoms with Crippen LogP contribution in [0.5, 0.6) is 0 Å². The number of sulfonamides is 1. The molecule has 1 amide bonds. The van der Waals surface area contributed by atoms with Gasteiger partial charge in [-0.25, -0.2) is 14.3 Å². The molecule has 0 saturated carbocycles. The van der Waals surface area contributed by atoms with Crippen LogP contribution in [0.25, 0.3) is 0 Å². The molecule has 1 aliphatic heterocycles. The van der Waals surface area contributed by atoms with Crippen molar-refractivity contribution in [2.24, 2.45) is 5.84 Å². The smallest absolute Gasteiger partial charge is 0.265 e. The van der Waals surface area contributed by atoms with Gasteiger partial charge in [-0.15, -0.1) is 0 Å². The number of anilines is 1. The maximum Gasteiger partial charge on any atom is 0.265 e. The molecule has 23 heavy (non-hydrogen) atoms. The van der Waals surface area contributed by atoms with Crippen LogP contribution in [-0.2, 0) is 16.4 Å². The summed E-state index contributed by atoms with van der Waals surface area (Å²) in [6.45, 7) is 1.85. The molecule has 7 heteroatoms. The number of hydrogen-bond acceptors (Lipinski definition) is 4. The maximum atomic E-state index is 12.9. The number of nitrogen functional groups attached to an aromatic ring is 1. The van der Waals surface area contributed by atoms with E-state index >= 15 is 0 Å². The number of rotatable bonds is 3. The zero-order chi connectivity index (χ0) is 16.6. The van der Waals surface area contributed by atoms with Gasteiger partial charge in [0.15, 0.2) is 0 Å². The molecular weight excluding hydrogens is 314 g/mol. The Kier molecular flexibility index (Phi) is 3.83. The fourth-order valence-corrected chi connectivity index (χ4v) is 4.61. The van der Waals surface area contributed by atoms with Crippen molar-refractivity contribution in [3.63, 3.8) is 0 Å². The van der Waals surface area contributed by atoms with Crippen molar-refractivity contribution >= 4 is 21.6 Å². The van der Waals surface area contributed by atoms with Gasteiger partial charge in [-0.3, -0.25) is 14.5 Å². The monoisotopic (exact) mass is 331 g/mol. The molecular formula is C16H17N3O3S. The van der Waals surface area contributed by atoms with Crippen LogP contribution in [0.3, 0.4) is 0 Å². The number of benzene rings is 2. The summed E-state index contributed by atoms with van der Waals surface area (Å²) in [6, 6.07) is 13.0. The van der Waals surface area contributed by atoms with E-state index in [0.717, 1.165) is 5.56 Å². The predicted octanol–water partition coefficient (Wildman–Crippen LogP) is 1.43. The fourth-order valence-electron chi connectivity index (χ4n) is 2.90. The Morgan fingerprint density at radius 1 is 1.22 bits per heavy atom. The second-order valence-corrected chi connectivity index (χ2v) is 7.30. The van der Waals surface area contributed by atoms with Crippen LogP contribution in [0.15, 0.2) is 53.4 Å². The first-order chi connectivity index (χ1) is 10.9. The quantitative estimate of drug-likeness (QED) is 0.505. The first kappa shape index (κ1) is 15.5. The van der Waals surface area contributed by atoms with Crippen LogP contribution in [0.4, 0.5) is 5.69 Å². The van der Waals surface area contributed by atoms with Gasteiger partial charge in [0.25, 0.3) is 15.9 Å². The largest absolute Gasteiger partial charge is 0.290 e. The fraction of sp³-hybridized carbons (Fsp3) is 0.188. The number of carbonyl (C=O) groups excluding carboxylic acids is 1. The molecule has 1 aliphatic rings. The Hall–Kier alpha value is -2.38. The standard InChI is InChI=1S/C16H17N3O3S/c1-11-9-13-10-12(16(20)18-17)7-8-15(13)19(11)23(21,22)14-5-3-2-4-6-14/h2-8,10-11H,9,17H2,1H3,(H,18,20)/t11-/m1/s1. The van der Waals surface area contributed by atoms with Gasteiger partial charge in [0, 0.05) is 11.6 Å². The normalized spacial score (nSPS) is 17.0. The number of amides is 1. The third-order valence-corrected chi connectivity index (χ3v) is 5.87. The van der Waals surface area contributed by atoms with E-state index in [1.807, 2.05) is 6.92 Å². The van der Waals surface area contributed by atoms with E-state index in [1.54, 1.807) is 48.5 Å². The minimum absolute atomic E-state index is 0.216. The molecule has 0 radical (unpaired) electrons. The van der Waals surface area contributed by atoms with E-state index in [0.29, 0.717) is 17.7 Å². The topological polar surface area (TPSA) is 92.5 Å². The third kappa shape index (κ3) is 2.58. The summed E-state index contributed by atoms with van der Waals surface area (Å²) in [5.41, 5.74) is 3.92. The molecule has 0 aliphatic carbocycles. The summed E-state index contributed by atoms with van der Waals surface area (Å²) < 4.78 is 27.2. The van der Waals surface area contributed by atoms with E-state index in [1.165, 1.54) is 4.31 Å². The Balaban J connectivity index is 2.06. The maximum absolute atomic E-state index is 12.9. The van der Waals surface area contributed by atoms with E-state index in [4.69, 9.17) is 5.84 Å². The van der Waals surface area contributed by atoms with Crippen LogP contribution in [0.1, 0.15) is 22.8 Å². The lowest BCUT2D eigenvalue weighted by atomic mass is 10.1. The van der Waals surface area contributed by atoms with Gasteiger partial charge in [-0.2, -0.15) is 0 Å². The SMILES string of the molecule is C[C@@H]1Cc2cc(C(=O)NN)ccc2N1S(=O)(=O)c1ccccc1. The van der Waals surface area contributed by atoms with Gasteiger partial charge in [0.2, 0.25) is 0 Å². The highest BCUT2D eigenvalue weighted by Gasteiger charge is 2.36. The second kappa shape index (κ2) is 5.68. The third-order valence-electron chi connectivity index (χ3n) is 3.93. The van der Waals surface area contributed by atoms with Gasteiger partial charge in [0.05, 0.1) is 10.6 Å². The average molecular weight is 331 g/mol. The summed E-state index contributed by atoms with van der Waals surface area (Å²) in [7, 11) is -3.63. The number of nitrogens with one attached hydrogen (secondary N) is 1. The highest BCUT2D eigenvalue weighted by atomic mass is 32.2. The first-order valence-corrected chi connectivity index (χ1v) is 8.62. The highest BCUT2D eigenvalue weighted by Crippen LogP contribution is 2.37. The molecule has 0 aromatic heterocycles. The van der Waals surface area contributed by atoms with Crippen molar-refractivity contribution in [1.82, 2.24) is 5.43 Å². The van der Waals surface area contributed by atoms with Gasteiger partial charge >= 0.3 is 0 Å². The molecule has 0 bridgehead atoms. The van der Waals surface area contributed by atoms with E-state index in [-0.39, 0.29) is 10.9 Å². The van der Waals surface area contributed by atoms with Crippen LogP contribution in [0.2, 0.25) is 0 Å². The van der Waals surface area contributed by atoms with Gasteiger partial charge in [-0.05, 0) is 49.2 Å². The van der Waals surface area contributed by atoms with Gasteiger partial charge < -0.3 is 0 Å². The van der Waals surface area contributed by atoms with Gasteiger partial charge in [-0.1, -0.05) is 18.2 Å². The number of fused-ring (bicyclic) bond motifs is 1. The molecule has 120 valence electrons. The van der Waals surface area contributed by atoms with E-state index in [9.17, 15) is 13.2 Å². The summed E-state index contributed by atoms with van der Waals surface area (Å²) in [4.78, 5) is 11.9. The van der Waals surface area contributed by atoms with Crippen molar-refractivity contribution in [3.05, 3.63) is 59.7 Å². The zero-order valence-electron chi connectivity index (χ0n) is 12.6. The number of nitrogens with zero attached hydrogens (tertiary/aromatic N) is 1. The molecule has 2 aromatic carbocycles. The molecule has 0 spiro atoms. The minimum Gasteiger partial charge on any atom is -0.290 e. The van der Waals surface area contributed by atoms with E-state index in [2.05, 4.69) is 5.43 Å². The lowest BCUT2D eigenvalue weighted by Crippen LogP contribution is -2.35. The zero-order valence-corrected chi connectivity index (χ0v) is 13.4. The van der Waals surface area contributed by atoms with Crippen LogP contribution >= 0.6 is 0 Å². The van der Waals surface area contributed by atoms with Crippen molar-refractivity contribution in [3.8, 4) is 0 Å². The lowest BCUT2D eigenvalue weighted by Gasteiger charge is -2.24. The van der Waals surface area contributed by atoms with Crippen molar-refractivity contribution in [1.29, 1.82) is 0 Å². The molecule has 3 N–H and O–H groups in total. The molecule has 0 saturated heterocycles. The number of nitrogens with two attached hydrogens (primary N) is 1. The Morgan fingerprint density at radius 3 is 2.57 bits per heavy atom. The summed E-state index contributed by atoms with van der Waals surface area (Å²) in [5.74, 6) is 4.74. The van der Waals surface area contributed by atoms with E-state index < -0.39 is 15.9 Å². The lowest BCUT2D eigenvalue weighted by molar-refractivity contribution is 0.0953. The first-order valence-electron chi connectivity index (χ1n) is 7.18. The van der Waals surface area contributed by atoms with Crippen molar-refractivity contribution in [2.75, 3.05) is 4.31 Å². The second-order valence-electron chi connectivity index (χ2n) is 5.48. The molecule has 0 fully saturated rings. The highest BCUT2D eigenvalue weighted by molar-refractivity contribution is 7.92.